The van der Waals surface area contributed by atoms with Gasteiger partial charge >= 0.3 is 6.03 Å². The third-order valence-corrected chi connectivity index (χ3v) is 6.34. The quantitative estimate of drug-likeness (QED) is 0.460. The van der Waals surface area contributed by atoms with Crippen molar-refractivity contribution in [3.8, 4) is 11.5 Å². The van der Waals surface area contributed by atoms with Crippen LogP contribution in [0.15, 0.2) is 90.5 Å². The number of hydrogen-bond acceptors (Lipinski definition) is 6. The van der Waals surface area contributed by atoms with Gasteiger partial charge in [-0.1, -0.05) is 49.6 Å². The van der Waals surface area contributed by atoms with E-state index < -0.39 is 28.0 Å². The fourth-order valence-electron chi connectivity index (χ4n) is 3.21. The van der Waals surface area contributed by atoms with Crippen LogP contribution in [0.2, 0.25) is 0 Å². The van der Waals surface area contributed by atoms with E-state index in [0.717, 1.165) is 5.56 Å². The lowest BCUT2D eigenvalue weighted by Crippen LogP contribution is -2.52. The van der Waals surface area contributed by atoms with E-state index in [2.05, 4.69) is 18.5 Å². The van der Waals surface area contributed by atoms with Crippen LogP contribution in [-0.4, -0.2) is 52.6 Å². The topological polar surface area (TPSA) is 114 Å². The monoisotopic (exact) mass is 499 g/mol. The van der Waals surface area contributed by atoms with Crippen molar-refractivity contribution in [2.45, 2.75) is 17.4 Å². The van der Waals surface area contributed by atoms with E-state index in [1.807, 2.05) is 10.8 Å². The number of likely N-dealkylation sites (N-methyl/N-ethyl adjacent to an activating group) is 1. The zero-order valence-electron chi connectivity index (χ0n) is 19.9. The summed E-state index contributed by atoms with van der Waals surface area (Å²) in [6.07, 6.45) is 4.68. The largest absolute Gasteiger partial charge is 0.497 e. The molecule has 3 amide bonds. The number of nitrogens with zero attached hydrogens (tertiary/aromatic N) is 1. The Morgan fingerprint density at radius 3 is 2.34 bits per heavy atom. The zero-order chi connectivity index (χ0) is 26.0. The molecular formula is C25H29N3O6S. The number of hydrogen-bond donors (Lipinski definition) is 2. The lowest BCUT2D eigenvalue weighted by Gasteiger charge is -2.25. The first kappa shape index (κ1) is 27.2. The first-order chi connectivity index (χ1) is 16.7. The number of allylic oxidation sites excluding steroid dienone is 3. The Bertz CT molecular complexity index is 1210. The minimum absolute atomic E-state index is 0.0212. The molecule has 0 saturated heterocycles. The second kappa shape index (κ2) is 12.4. The molecule has 2 rings (SSSR count). The van der Waals surface area contributed by atoms with Gasteiger partial charge in [-0.05, 0) is 29.8 Å². The van der Waals surface area contributed by atoms with Gasteiger partial charge in [0.15, 0.2) is 0 Å². The number of sulfonamides is 1. The highest BCUT2D eigenvalue weighted by Crippen LogP contribution is 2.28. The molecule has 2 aromatic carbocycles. The standard InChI is InChI=1S/C25H29N3O6S/c1-6-11-19(7-2)28(3)24(29)21(16-18-12-9-8-10-13-18)26-25(30)27-35(31,32)23-17-20(33-4)14-15-22(23)34-5/h6-15,17,21H,1-2,16H2,3-5H3,(H2,26,27,30)/b19-11+/t21-/m0/s1. The Balaban J connectivity index is 2.33. The molecule has 35 heavy (non-hydrogen) atoms. The summed E-state index contributed by atoms with van der Waals surface area (Å²) in [4.78, 5) is 27.1. The Kier molecular flexibility index (Phi) is 9.65. The van der Waals surface area contributed by atoms with Gasteiger partial charge in [-0.25, -0.2) is 17.9 Å². The van der Waals surface area contributed by atoms with E-state index >= 15 is 0 Å². The predicted octanol–water partition coefficient (Wildman–Crippen LogP) is 3.02. The molecule has 2 N–H and O–H groups in total. The van der Waals surface area contributed by atoms with Crippen molar-refractivity contribution in [1.82, 2.24) is 14.9 Å². The van der Waals surface area contributed by atoms with Crippen LogP contribution in [0.5, 0.6) is 11.5 Å². The third kappa shape index (κ3) is 7.21. The summed E-state index contributed by atoms with van der Waals surface area (Å²) in [5, 5.41) is 2.48. The van der Waals surface area contributed by atoms with E-state index in [4.69, 9.17) is 9.47 Å². The highest BCUT2D eigenvalue weighted by Gasteiger charge is 2.29. The van der Waals surface area contributed by atoms with Crippen molar-refractivity contribution in [3.63, 3.8) is 0 Å². The summed E-state index contributed by atoms with van der Waals surface area (Å²) < 4.78 is 38.0. The molecule has 2 aromatic rings. The molecule has 0 aliphatic carbocycles. The normalized spacial score (nSPS) is 12.1. The average molecular weight is 500 g/mol. The minimum atomic E-state index is -4.36. The van der Waals surface area contributed by atoms with E-state index in [1.165, 1.54) is 56.5 Å². The SMILES string of the molecule is C=C/C=C(\C=C)N(C)C(=O)[C@H](Cc1ccccc1)NC(=O)NS(=O)(=O)c1cc(OC)ccc1OC. The molecule has 0 bridgehead atoms. The number of amides is 3. The number of rotatable bonds is 11. The Morgan fingerprint density at radius 2 is 1.77 bits per heavy atom. The number of carbonyl (C=O) groups excluding carboxylic acids is 2. The van der Waals surface area contributed by atoms with Crippen LogP contribution in [0, 0.1) is 0 Å². The summed E-state index contributed by atoms with van der Waals surface area (Å²) in [6, 6.07) is 11.0. The highest BCUT2D eigenvalue weighted by atomic mass is 32.2. The van der Waals surface area contributed by atoms with Crippen molar-refractivity contribution in [3.05, 3.63) is 91.2 Å². The Morgan fingerprint density at radius 1 is 1.09 bits per heavy atom. The number of ether oxygens (including phenoxy) is 2. The van der Waals surface area contributed by atoms with Crippen molar-refractivity contribution < 1.29 is 27.5 Å². The lowest BCUT2D eigenvalue weighted by molar-refractivity contribution is -0.129. The second-order valence-electron chi connectivity index (χ2n) is 7.27. The summed E-state index contributed by atoms with van der Waals surface area (Å²) in [5.41, 5.74) is 1.23. The number of nitrogens with one attached hydrogen (secondary N) is 2. The molecule has 0 aromatic heterocycles. The van der Waals surface area contributed by atoms with E-state index in [0.29, 0.717) is 5.70 Å². The first-order valence-electron chi connectivity index (χ1n) is 10.5. The molecule has 0 radical (unpaired) electrons. The first-order valence-corrected chi connectivity index (χ1v) is 12.0. The molecule has 186 valence electrons. The van der Waals surface area contributed by atoms with Gasteiger partial charge in [-0.2, -0.15) is 0 Å². The molecule has 0 fully saturated rings. The maximum atomic E-state index is 13.3. The van der Waals surface area contributed by atoms with Crippen LogP contribution < -0.4 is 19.5 Å². The van der Waals surface area contributed by atoms with Crippen LogP contribution in [0.25, 0.3) is 0 Å². The maximum Gasteiger partial charge on any atom is 0.329 e. The Hall–Kier alpha value is -4.05. The van der Waals surface area contributed by atoms with Crippen molar-refractivity contribution in [1.29, 1.82) is 0 Å². The summed E-state index contributed by atoms with van der Waals surface area (Å²) in [6.45, 7) is 7.31. The minimum Gasteiger partial charge on any atom is -0.497 e. The molecule has 0 spiro atoms. The third-order valence-electron chi connectivity index (χ3n) is 4.99. The van der Waals surface area contributed by atoms with Crippen LogP contribution in [0.4, 0.5) is 4.79 Å². The van der Waals surface area contributed by atoms with Crippen LogP contribution >= 0.6 is 0 Å². The van der Waals surface area contributed by atoms with Gasteiger partial charge in [0.25, 0.3) is 10.0 Å². The summed E-state index contributed by atoms with van der Waals surface area (Å²) >= 11 is 0. The predicted molar refractivity (Wildman–Crippen MR) is 134 cm³/mol. The van der Waals surface area contributed by atoms with Crippen LogP contribution in [0.3, 0.4) is 0 Å². The average Bonchev–Trinajstić information content (AvgIpc) is 2.85. The number of urea groups is 1. The molecule has 0 aliphatic heterocycles. The number of carbonyl (C=O) groups is 2. The molecule has 9 nitrogen and oxygen atoms in total. The van der Waals surface area contributed by atoms with E-state index in [1.54, 1.807) is 30.3 Å². The van der Waals surface area contributed by atoms with Gasteiger partial charge in [-0.15, -0.1) is 0 Å². The Labute approximate surface area is 205 Å². The molecule has 0 heterocycles. The number of methoxy groups -OCH3 is 2. The maximum absolute atomic E-state index is 13.3. The highest BCUT2D eigenvalue weighted by molar-refractivity contribution is 7.90. The van der Waals surface area contributed by atoms with Gasteiger partial charge in [0.2, 0.25) is 5.91 Å². The van der Waals surface area contributed by atoms with Crippen molar-refractivity contribution in [2.24, 2.45) is 0 Å². The smallest absolute Gasteiger partial charge is 0.329 e. The van der Waals surface area contributed by atoms with Crippen LogP contribution in [0.1, 0.15) is 5.56 Å². The van der Waals surface area contributed by atoms with Gasteiger partial charge in [-0.3, -0.25) is 4.79 Å². The van der Waals surface area contributed by atoms with Gasteiger partial charge < -0.3 is 19.7 Å². The van der Waals surface area contributed by atoms with Crippen molar-refractivity contribution >= 4 is 22.0 Å². The molecule has 0 saturated carbocycles. The molecule has 1 atom stereocenters. The number of benzene rings is 2. The summed E-state index contributed by atoms with van der Waals surface area (Å²) in [5.74, 6) is -0.197. The van der Waals surface area contributed by atoms with E-state index in [9.17, 15) is 18.0 Å². The van der Waals surface area contributed by atoms with Crippen LogP contribution in [-0.2, 0) is 21.2 Å². The van der Waals surface area contributed by atoms with Crippen molar-refractivity contribution in [2.75, 3.05) is 21.3 Å². The molecule has 0 aliphatic rings. The fourth-order valence-corrected chi connectivity index (χ4v) is 4.31. The molecule has 10 heteroatoms. The lowest BCUT2D eigenvalue weighted by atomic mass is 10.0. The molecule has 0 unspecified atom stereocenters. The zero-order valence-corrected chi connectivity index (χ0v) is 20.7. The van der Waals surface area contributed by atoms with Gasteiger partial charge in [0, 0.05) is 25.2 Å². The summed E-state index contributed by atoms with van der Waals surface area (Å²) in [7, 11) is -0.152. The van der Waals surface area contributed by atoms with Gasteiger partial charge in [0.05, 0.1) is 14.2 Å². The fraction of sp³-hybridized carbons (Fsp3) is 0.200. The molecular weight excluding hydrogens is 470 g/mol. The van der Waals surface area contributed by atoms with Gasteiger partial charge in [0.1, 0.15) is 22.4 Å². The second-order valence-corrected chi connectivity index (χ2v) is 8.92. The van der Waals surface area contributed by atoms with E-state index in [-0.39, 0.29) is 22.8 Å².